The number of tetrazole rings is 1. The third kappa shape index (κ3) is 6.63. The first-order valence-corrected chi connectivity index (χ1v) is 16.7. The molecule has 11 nitrogen and oxygen atoms in total. The van der Waals surface area contributed by atoms with E-state index in [-0.39, 0.29) is 25.5 Å². The summed E-state index contributed by atoms with van der Waals surface area (Å²) in [5.74, 6) is 1.45. The van der Waals surface area contributed by atoms with Crippen LogP contribution in [0.15, 0.2) is 77.5 Å². The average Bonchev–Trinajstić information content (AvgIpc) is 3.89. The third-order valence-electron chi connectivity index (χ3n) is 8.60. The van der Waals surface area contributed by atoms with Crippen molar-refractivity contribution < 1.29 is 14.3 Å². The van der Waals surface area contributed by atoms with Crippen molar-refractivity contribution in [2.45, 2.75) is 51.2 Å². The molecule has 1 aliphatic rings. The normalized spacial score (nSPS) is 13.5. The number of carbonyl (C=O) groups is 2. The SMILES string of the molecule is NC(=O)CCNC(=O)c1ccc(-c2ccsc2)c(COc2ccc(-c3nc4cc(-c5nn[nH]n5)ccc4n3C3CCCCC3)cc2)c1. The van der Waals surface area contributed by atoms with E-state index in [4.69, 9.17) is 15.5 Å². The van der Waals surface area contributed by atoms with Crippen molar-refractivity contribution in [1.82, 2.24) is 35.5 Å². The lowest BCUT2D eigenvalue weighted by Crippen LogP contribution is -2.28. The number of aromatic nitrogens is 6. The third-order valence-corrected chi connectivity index (χ3v) is 9.28. The number of imidazole rings is 1. The van der Waals surface area contributed by atoms with Gasteiger partial charge >= 0.3 is 0 Å². The fourth-order valence-corrected chi connectivity index (χ4v) is 6.91. The van der Waals surface area contributed by atoms with Crippen LogP contribution in [0.25, 0.3) is 44.9 Å². The Morgan fingerprint density at radius 2 is 1.81 bits per heavy atom. The summed E-state index contributed by atoms with van der Waals surface area (Å²) in [4.78, 5) is 29.0. The van der Waals surface area contributed by atoms with Gasteiger partial charge in [-0.25, -0.2) is 4.98 Å². The predicted octanol–water partition coefficient (Wildman–Crippen LogP) is 6.30. The van der Waals surface area contributed by atoms with Crippen LogP contribution in [0.2, 0.25) is 0 Å². The van der Waals surface area contributed by atoms with Crippen LogP contribution >= 0.6 is 11.3 Å². The van der Waals surface area contributed by atoms with Crippen LogP contribution in [0.1, 0.15) is 60.5 Å². The molecular weight excluding hydrogens is 613 g/mol. The Hall–Kier alpha value is -5.36. The minimum absolute atomic E-state index is 0.0862. The highest BCUT2D eigenvalue weighted by Crippen LogP contribution is 2.37. The average molecular weight is 647 g/mol. The molecule has 1 saturated carbocycles. The number of nitrogens with two attached hydrogens (primary N) is 1. The minimum Gasteiger partial charge on any atom is -0.489 e. The summed E-state index contributed by atoms with van der Waals surface area (Å²) in [7, 11) is 0. The summed E-state index contributed by atoms with van der Waals surface area (Å²) >= 11 is 1.61. The van der Waals surface area contributed by atoms with Gasteiger partial charge in [-0.05, 0) is 106 Å². The summed E-state index contributed by atoms with van der Waals surface area (Å²) in [5, 5.41) is 21.4. The molecule has 6 aromatic rings. The molecule has 0 atom stereocenters. The number of primary amides is 1. The fourth-order valence-electron chi connectivity index (χ4n) is 6.25. The molecule has 0 aliphatic heterocycles. The maximum absolute atomic E-state index is 12.8. The molecule has 12 heteroatoms. The molecule has 3 heterocycles. The van der Waals surface area contributed by atoms with Crippen LogP contribution in [0.4, 0.5) is 0 Å². The van der Waals surface area contributed by atoms with Gasteiger partial charge in [-0.2, -0.15) is 16.6 Å². The second-order valence-corrected chi connectivity index (χ2v) is 12.5. The highest BCUT2D eigenvalue weighted by atomic mass is 32.1. The van der Waals surface area contributed by atoms with Crippen LogP contribution in [-0.4, -0.2) is 48.5 Å². The minimum atomic E-state index is -0.459. The van der Waals surface area contributed by atoms with Gasteiger partial charge in [0.2, 0.25) is 11.7 Å². The zero-order valence-corrected chi connectivity index (χ0v) is 26.5. The molecule has 4 N–H and O–H groups in total. The van der Waals surface area contributed by atoms with Gasteiger partial charge in [0.15, 0.2) is 0 Å². The Kier molecular flexibility index (Phi) is 8.74. The van der Waals surface area contributed by atoms with E-state index in [1.165, 1.54) is 19.3 Å². The van der Waals surface area contributed by atoms with Gasteiger partial charge in [0.05, 0.1) is 11.0 Å². The standard InChI is InChI=1S/C35H34N8O3S/c36-32(44)14-16-37-35(45)24-8-12-29(25-15-17-47-21-25)26(18-24)20-46-28-10-6-22(7-11-28)34-38-30-19-23(33-39-41-42-40-33)9-13-31(30)43(34)27-4-2-1-3-5-27/h6-13,15,17-19,21,27H,1-5,14,16,20H2,(H2,36,44)(H,37,45)(H,39,40,41,42). The van der Waals surface area contributed by atoms with Crippen molar-refractivity contribution in [1.29, 1.82) is 0 Å². The number of rotatable bonds is 11. The smallest absolute Gasteiger partial charge is 0.251 e. The van der Waals surface area contributed by atoms with Crippen LogP contribution < -0.4 is 15.8 Å². The van der Waals surface area contributed by atoms with Crippen molar-refractivity contribution in [2.75, 3.05) is 6.54 Å². The van der Waals surface area contributed by atoms with E-state index in [1.54, 1.807) is 17.4 Å². The highest BCUT2D eigenvalue weighted by molar-refractivity contribution is 7.08. The number of H-pyrrole nitrogens is 1. The first-order valence-electron chi connectivity index (χ1n) is 15.7. The van der Waals surface area contributed by atoms with Crippen LogP contribution in [0, 0.1) is 0 Å². The summed E-state index contributed by atoms with van der Waals surface area (Å²) in [5.41, 5.74) is 12.5. The van der Waals surface area contributed by atoms with Crippen molar-refractivity contribution >= 4 is 34.2 Å². The number of nitrogens with one attached hydrogen (secondary N) is 2. The van der Waals surface area contributed by atoms with E-state index in [0.717, 1.165) is 57.5 Å². The lowest BCUT2D eigenvalue weighted by molar-refractivity contribution is -0.117. The Morgan fingerprint density at radius 3 is 2.55 bits per heavy atom. The molecule has 0 unspecified atom stereocenters. The highest BCUT2D eigenvalue weighted by Gasteiger charge is 2.23. The molecule has 0 bridgehead atoms. The lowest BCUT2D eigenvalue weighted by atomic mass is 9.95. The van der Waals surface area contributed by atoms with E-state index in [2.05, 4.69) is 60.2 Å². The van der Waals surface area contributed by atoms with Crippen molar-refractivity contribution in [2.24, 2.45) is 5.73 Å². The molecule has 1 fully saturated rings. The molecule has 0 spiro atoms. The van der Waals surface area contributed by atoms with E-state index in [0.29, 0.717) is 23.2 Å². The van der Waals surface area contributed by atoms with E-state index in [9.17, 15) is 9.59 Å². The number of carbonyl (C=O) groups excluding carboxylic acids is 2. The number of benzene rings is 3. The van der Waals surface area contributed by atoms with Gasteiger partial charge in [-0.1, -0.05) is 25.3 Å². The molecule has 47 heavy (non-hydrogen) atoms. The van der Waals surface area contributed by atoms with E-state index >= 15 is 0 Å². The summed E-state index contributed by atoms with van der Waals surface area (Å²) in [6.07, 6.45) is 6.02. The fraction of sp³-hybridized carbons (Fsp3) is 0.257. The second-order valence-electron chi connectivity index (χ2n) is 11.7. The van der Waals surface area contributed by atoms with Crippen LogP contribution in [0.3, 0.4) is 0 Å². The Bertz CT molecular complexity index is 2000. The monoisotopic (exact) mass is 646 g/mol. The number of hydrogen-bond donors (Lipinski definition) is 3. The number of nitrogens with zero attached hydrogens (tertiary/aromatic N) is 5. The predicted molar refractivity (Wildman–Crippen MR) is 181 cm³/mol. The maximum Gasteiger partial charge on any atom is 0.251 e. The molecule has 238 valence electrons. The van der Waals surface area contributed by atoms with Gasteiger partial charge in [-0.15, -0.1) is 10.2 Å². The molecule has 0 saturated heterocycles. The number of amides is 2. The van der Waals surface area contributed by atoms with Gasteiger partial charge in [-0.3, -0.25) is 9.59 Å². The summed E-state index contributed by atoms with van der Waals surface area (Å²) in [6.45, 7) is 0.458. The molecule has 7 rings (SSSR count). The quantitative estimate of drug-likeness (QED) is 0.149. The van der Waals surface area contributed by atoms with E-state index in [1.807, 2.05) is 41.8 Å². The van der Waals surface area contributed by atoms with Crippen LogP contribution in [0.5, 0.6) is 5.75 Å². The first-order chi connectivity index (χ1) is 23.0. The number of aromatic amines is 1. The Labute approximate surface area is 275 Å². The number of hydrogen-bond acceptors (Lipinski definition) is 8. The first kappa shape index (κ1) is 30.3. The molecule has 2 amide bonds. The molecular formula is C35H34N8O3S. The number of fused-ring (bicyclic) bond motifs is 1. The van der Waals surface area contributed by atoms with Crippen molar-refractivity contribution in [3.8, 4) is 39.7 Å². The van der Waals surface area contributed by atoms with Gasteiger partial charge in [0.25, 0.3) is 5.91 Å². The van der Waals surface area contributed by atoms with E-state index < -0.39 is 5.91 Å². The second kappa shape index (κ2) is 13.6. The molecule has 0 radical (unpaired) electrons. The largest absolute Gasteiger partial charge is 0.489 e. The maximum atomic E-state index is 12.8. The van der Waals surface area contributed by atoms with Gasteiger partial charge < -0.3 is 20.4 Å². The summed E-state index contributed by atoms with van der Waals surface area (Å²) < 4.78 is 8.69. The topological polar surface area (TPSA) is 154 Å². The zero-order valence-electron chi connectivity index (χ0n) is 25.7. The van der Waals surface area contributed by atoms with Crippen molar-refractivity contribution in [3.05, 3.63) is 88.6 Å². The Balaban J connectivity index is 1.15. The number of thiophene rings is 1. The van der Waals surface area contributed by atoms with Gasteiger partial charge in [0, 0.05) is 35.7 Å². The Morgan fingerprint density at radius 1 is 0.979 bits per heavy atom. The molecule has 3 aromatic carbocycles. The number of ether oxygens (including phenoxy) is 1. The zero-order chi connectivity index (χ0) is 32.2. The summed E-state index contributed by atoms with van der Waals surface area (Å²) in [6, 6.07) is 22.2. The molecule has 1 aliphatic carbocycles. The molecule has 3 aromatic heterocycles. The van der Waals surface area contributed by atoms with Crippen LogP contribution in [-0.2, 0) is 11.4 Å². The van der Waals surface area contributed by atoms with Crippen molar-refractivity contribution in [3.63, 3.8) is 0 Å². The van der Waals surface area contributed by atoms with Gasteiger partial charge in [0.1, 0.15) is 18.2 Å². The lowest BCUT2D eigenvalue weighted by Gasteiger charge is -2.25.